The second kappa shape index (κ2) is 9.78. The minimum Gasteiger partial charge on any atom is -0.441 e. The van der Waals surface area contributed by atoms with Gasteiger partial charge in [-0.15, -0.1) is 0 Å². The maximum atomic E-state index is 14.0. The van der Waals surface area contributed by atoms with Crippen LogP contribution in [-0.4, -0.2) is 38.3 Å². The van der Waals surface area contributed by atoms with E-state index >= 15 is 0 Å². The van der Waals surface area contributed by atoms with Gasteiger partial charge in [-0.25, -0.2) is 15.0 Å². The van der Waals surface area contributed by atoms with Crippen molar-refractivity contribution in [2.45, 2.75) is 52.5 Å². The Labute approximate surface area is 210 Å². The highest BCUT2D eigenvalue weighted by atomic mass is 35.5. The molecule has 0 spiro atoms. The number of halogens is 1. The highest BCUT2D eigenvalue weighted by molar-refractivity contribution is 6.31. The average Bonchev–Trinajstić information content (AvgIpc) is 3.24. The molecule has 5 rings (SSSR count). The fraction of sp³-hybridized carbons (Fsp3) is 0.357. The van der Waals surface area contributed by atoms with Crippen LogP contribution in [0.3, 0.4) is 0 Å². The minimum absolute atomic E-state index is 0.0564. The van der Waals surface area contributed by atoms with E-state index < -0.39 is 0 Å². The normalized spacial score (nSPS) is 18.2. The van der Waals surface area contributed by atoms with E-state index in [2.05, 4.69) is 26.8 Å². The van der Waals surface area contributed by atoms with Gasteiger partial charge in [-0.05, 0) is 69.4 Å². The Balaban J connectivity index is 1.42. The van der Waals surface area contributed by atoms with Gasteiger partial charge in [0.25, 0.3) is 5.91 Å². The van der Waals surface area contributed by atoms with Gasteiger partial charge in [0.1, 0.15) is 11.3 Å². The number of hydrogen-bond donors (Lipinski definition) is 0. The summed E-state index contributed by atoms with van der Waals surface area (Å²) >= 11 is 6.10. The number of fused-ring (bicyclic) bond motifs is 1. The van der Waals surface area contributed by atoms with E-state index in [9.17, 15) is 4.79 Å². The van der Waals surface area contributed by atoms with Crippen LogP contribution in [0, 0.1) is 19.8 Å². The summed E-state index contributed by atoms with van der Waals surface area (Å²) in [5.74, 6) is 1.81. The fourth-order valence-corrected chi connectivity index (χ4v) is 5.25. The predicted octanol–water partition coefficient (Wildman–Crippen LogP) is 6.43. The monoisotopic (exact) mass is 488 g/mol. The quantitative estimate of drug-likeness (QED) is 0.323. The van der Waals surface area contributed by atoms with Crippen LogP contribution >= 0.6 is 11.6 Å². The summed E-state index contributed by atoms with van der Waals surface area (Å²) in [7, 11) is 0. The van der Waals surface area contributed by atoms with Gasteiger partial charge in [0, 0.05) is 41.4 Å². The number of nitrogens with zero attached hydrogens (tertiary/aromatic N) is 4. The Morgan fingerprint density at radius 1 is 1.14 bits per heavy atom. The Bertz CT molecular complexity index is 1380. The lowest BCUT2D eigenvalue weighted by Gasteiger charge is -2.40. The zero-order valence-electron chi connectivity index (χ0n) is 20.3. The van der Waals surface area contributed by atoms with Gasteiger partial charge in [0.05, 0.1) is 5.69 Å². The van der Waals surface area contributed by atoms with E-state index in [0.29, 0.717) is 34.6 Å². The van der Waals surface area contributed by atoms with Crippen LogP contribution < -0.4 is 0 Å². The molecule has 1 fully saturated rings. The molecule has 1 amide bonds. The molecule has 1 aliphatic rings. The Kier molecular flexibility index (Phi) is 6.56. The van der Waals surface area contributed by atoms with Crippen molar-refractivity contribution in [2.75, 3.05) is 6.54 Å². The molecule has 4 aromatic rings. The van der Waals surface area contributed by atoms with Crippen LogP contribution in [0.4, 0.5) is 0 Å². The zero-order chi connectivity index (χ0) is 24.5. The fourth-order valence-electron chi connectivity index (χ4n) is 5.09. The second-order valence-electron chi connectivity index (χ2n) is 9.48. The third-order valence-corrected chi connectivity index (χ3v) is 7.12. The number of amides is 1. The molecule has 0 saturated carbocycles. The van der Waals surface area contributed by atoms with Crippen molar-refractivity contribution < 1.29 is 9.21 Å². The SMILES string of the molecule is Cc1ccc(-c2ccnc(C)n2)c(C(=O)N2CCC[C@@H](C)[C@H]2CCc2nc3cc(Cl)ccc3o2)c1. The number of benzene rings is 2. The van der Waals surface area contributed by atoms with Crippen molar-refractivity contribution >= 4 is 28.6 Å². The van der Waals surface area contributed by atoms with Crippen LogP contribution in [0.15, 0.2) is 53.1 Å². The van der Waals surface area contributed by atoms with E-state index in [4.69, 9.17) is 16.0 Å². The smallest absolute Gasteiger partial charge is 0.254 e. The van der Waals surface area contributed by atoms with Crippen LogP contribution in [0.25, 0.3) is 22.4 Å². The van der Waals surface area contributed by atoms with Crippen LogP contribution in [0.5, 0.6) is 0 Å². The van der Waals surface area contributed by atoms with Gasteiger partial charge in [0.15, 0.2) is 11.5 Å². The molecule has 180 valence electrons. The molecule has 0 bridgehead atoms. The molecule has 7 heteroatoms. The molecule has 3 heterocycles. The number of aromatic nitrogens is 3. The molecule has 2 aromatic heterocycles. The number of carbonyl (C=O) groups is 1. The number of aryl methyl sites for hydroxylation is 3. The zero-order valence-corrected chi connectivity index (χ0v) is 21.0. The molecule has 0 unspecified atom stereocenters. The number of likely N-dealkylation sites (tertiary alicyclic amines) is 1. The first-order valence-electron chi connectivity index (χ1n) is 12.2. The van der Waals surface area contributed by atoms with Gasteiger partial charge < -0.3 is 9.32 Å². The molecule has 35 heavy (non-hydrogen) atoms. The average molecular weight is 489 g/mol. The molecule has 2 aromatic carbocycles. The predicted molar refractivity (Wildman–Crippen MR) is 138 cm³/mol. The Hall–Kier alpha value is -3.25. The first-order chi connectivity index (χ1) is 16.9. The summed E-state index contributed by atoms with van der Waals surface area (Å²) < 4.78 is 5.95. The van der Waals surface area contributed by atoms with E-state index in [1.54, 1.807) is 12.3 Å². The lowest BCUT2D eigenvalue weighted by atomic mass is 9.86. The standard InChI is InChI=1S/C28H29ClN4O2/c1-17-6-8-21(23-12-13-30-19(3)31-23)22(15-17)28(34)33-14-4-5-18(2)25(33)9-11-27-32-24-16-20(29)7-10-26(24)35-27/h6-8,10,12-13,15-16,18,25H,4-5,9,11,14H2,1-3H3/t18-,25-/m1/s1. The maximum Gasteiger partial charge on any atom is 0.254 e. The summed E-state index contributed by atoms with van der Waals surface area (Å²) in [6.45, 7) is 6.86. The van der Waals surface area contributed by atoms with E-state index in [1.807, 2.05) is 50.2 Å². The number of carbonyl (C=O) groups excluding carboxylic acids is 1. The van der Waals surface area contributed by atoms with Crippen molar-refractivity contribution in [2.24, 2.45) is 5.92 Å². The number of oxazole rings is 1. The first-order valence-corrected chi connectivity index (χ1v) is 12.5. The summed E-state index contributed by atoms with van der Waals surface area (Å²) in [6.07, 6.45) is 5.30. The van der Waals surface area contributed by atoms with Crippen molar-refractivity contribution in [3.63, 3.8) is 0 Å². The van der Waals surface area contributed by atoms with Crippen molar-refractivity contribution in [1.82, 2.24) is 19.9 Å². The molecular formula is C28H29ClN4O2. The lowest BCUT2D eigenvalue weighted by molar-refractivity contribution is 0.0497. The highest BCUT2D eigenvalue weighted by Gasteiger charge is 2.33. The summed E-state index contributed by atoms with van der Waals surface area (Å²) in [4.78, 5) is 29.5. The largest absolute Gasteiger partial charge is 0.441 e. The first kappa shape index (κ1) is 23.5. The summed E-state index contributed by atoms with van der Waals surface area (Å²) in [5.41, 5.74) is 4.86. The van der Waals surface area contributed by atoms with Crippen LogP contribution in [-0.2, 0) is 6.42 Å². The third-order valence-electron chi connectivity index (χ3n) is 6.88. The van der Waals surface area contributed by atoms with Gasteiger partial charge in [-0.1, -0.05) is 36.2 Å². The maximum absolute atomic E-state index is 14.0. The van der Waals surface area contributed by atoms with Crippen molar-refractivity contribution in [1.29, 1.82) is 0 Å². The molecule has 1 aliphatic heterocycles. The second-order valence-corrected chi connectivity index (χ2v) is 9.92. The van der Waals surface area contributed by atoms with Crippen molar-refractivity contribution in [3.05, 3.63) is 76.5 Å². The van der Waals surface area contributed by atoms with E-state index in [1.165, 1.54) is 0 Å². The molecule has 6 nitrogen and oxygen atoms in total. The van der Waals surface area contributed by atoms with Gasteiger partial charge in [0.2, 0.25) is 0 Å². The van der Waals surface area contributed by atoms with Gasteiger partial charge in [-0.3, -0.25) is 4.79 Å². The number of piperidine rings is 1. The lowest BCUT2D eigenvalue weighted by Crippen LogP contribution is -2.48. The van der Waals surface area contributed by atoms with E-state index in [0.717, 1.165) is 53.7 Å². The molecule has 2 atom stereocenters. The van der Waals surface area contributed by atoms with Crippen LogP contribution in [0.1, 0.15) is 53.8 Å². The topological polar surface area (TPSA) is 72.1 Å². The molecule has 0 aliphatic carbocycles. The number of hydrogen-bond acceptors (Lipinski definition) is 5. The molecule has 0 radical (unpaired) electrons. The third kappa shape index (κ3) is 4.94. The molecular weight excluding hydrogens is 460 g/mol. The van der Waals surface area contributed by atoms with Gasteiger partial charge >= 0.3 is 0 Å². The molecule has 0 N–H and O–H groups in total. The number of rotatable bonds is 5. The minimum atomic E-state index is 0.0564. The summed E-state index contributed by atoms with van der Waals surface area (Å²) in [6, 6.07) is 13.4. The Morgan fingerprint density at radius 2 is 2.00 bits per heavy atom. The Morgan fingerprint density at radius 3 is 2.83 bits per heavy atom. The van der Waals surface area contributed by atoms with Gasteiger partial charge in [-0.2, -0.15) is 0 Å². The van der Waals surface area contributed by atoms with Crippen molar-refractivity contribution in [3.8, 4) is 11.3 Å². The highest BCUT2D eigenvalue weighted by Crippen LogP contribution is 2.32. The molecule has 1 saturated heterocycles. The van der Waals surface area contributed by atoms with E-state index in [-0.39, 0.29) is 11.9 Å². The van der Waals surface area contributed by atoms with Crippen LogP contribution in [0.2, 0.25) is 5.02 Å². The summed E-state index contributed by atoms with van der Waals surface area (Å²) in [5, 5.41) is 0.642.